The summed E-state index contributed by atoms with van der Waals surface area (Å²) in [6, 6.07) is 27.8. The number of benzene rings is 5. The number of aryl methyl sites for hydroxylation is 1. The molecule has 4 aliphatic rings. The zero-order chi connectivity index (χ0) is 41.7. The third kappa shape index (κ3) is 7.26. The number of aliphatic hydroxyl groups is 2. The van der Waals surface area contributed by atoms with Crippen LogP contribution in [0.15, 0.2) is 91.0 Å². The van der Waals surface area contributed by atoms with E-state index in [0.717, 1.165) is 57.6 Å². The fourth-order valence-electron chi connectivity index (χ4n) is 9.33. The van der Waals surface area contributed by atoms with E-state index >= 15 is 0 Å². The van der Waals surface area contributed by atoms with Gasteiger partial charge in [0.1, 0.15) is 19.0 Å². The van der Waals surface area contributed by atoms with Crippen molar-refractivity contribution in [2.75, 3.05) is 22.2 Å². The first kappa shape index (κ1) is 39.3. The molecule has 0 spiro atoms. The Hall–Kier alpha value is -6.17. The van der Waals surface area contributed by atoms with Crippen LogP contribution >= 0.6 is 0 Å². The van der Waals surface area contributed by atoms with Crippen molar-refractivity contribution in [2.24, 2.45) is 0 Å². The minimum atomic E-state index is -0.775. The Bertz CT molecular complexity index is 2520. The first-order chi connectivity index (χ1) is 29.1. The predicted octanol–water partition coefficient (Wildman–Crippen LogP) is 7.27. The molecule has 4 heterocycles. The number of ether oxygens (including phenoxy) is 3. The standard InChI is InChI=1S/C49H49N3O8/c1-4-5-14-47(55)50-35-17-29(26-59-44-23-33-21-42(53)40-19-31-10-6-8-12-38(31)51(40)48(56)36(33)15-28(44)2)16-30(18-35)27-60-46-24-34-22-43(54)41-20-32-11-7-9-13-39(32)52(41)49(57)37(34)25-45(46)58-3/h6-13,15-18,23-25,40-43,53-54H,4-5,14,19-22,26-27H2,1-3H3,(H,50,55)/t40-,41-,42?,43?/m0/s1. The minimum Gasteiger partial charge on any atom is -0.493 e. The zero-order valence-electron chi connectivity index (χ0n) is 34.1. The number of unbranched alkanes of at least 4 members (excludes halogenated alkanes) is 1. The van der Waals surface area contributed by atoms with Crippen molar-refractivity contribution in [1.29, 1.82) is 0 Å². The van der Waals surface area contributed by atoms with Gasteiger partial charge in [0, 0.05) is 47.5 Å². The van der Waals surface area contributed by atoms with Crippen LogP contribution in [0.4, 0.5) is 17.1 Å². The van der Waals surface area contributed by atoms with Crippen molar-refractivity contribution < 1.29 is 38.8 Å². The fraction of sp³-hybridized carbons (Fsp3) is 0.327. The number of hydrogen-bond donors (Lipinski definition) is 3. The Labute approximate surface area is 349 Å². The molecule has 308 valence electrons. The number of fused-ring (bicyclic) bond motifs is 8. The monoisotopic (exact) mass is 807 g/mol. The maximum absolute atomic E-state index is 14.0. The molecule has 60 heavy (non-hydrogen) atoms. The summed E-state index contributed by atoms with van der Waals surface area (Å²) in [5, 5.41) is 25.8. The summed E-state index contributed by atoms with van der Waals surface area (Å²) in [6.07, 6.45) is 2.32. The molecule has 11 heteroatoms. The van der Waals surface area contributed by atoms with Gasteiger partial charge in [0.15, 0.2) is 11.5 Å². The highest BCUT2D eigenvalue weighted by atomic mass is 16.5. The minimum absolute atomic E-state index is 0.0893. The van der Waals surface area contributed by atoms with E-state index in [1.54, 1.807) is 21.9 Å². The van der Waals surface area contributed by atoms with Gasteiger partial charge in [-0.15, -0.1) is 0 Å². The van der Waals surface area contributed by atoms with Crippen LogP contribution in [0.1, 0.15) is 85.8 Å². The van der Waals surface area contributed by atoms with Gasteiger partial charge in [-0.2, -0.15) is 0 Å². The number of anilines is 3. The Morgan fingerprint density at radius 1 is 0.683 bits per heavy atom. The van der Waals surface area contributed by atoms with Crippen molar-refractivity contribution in [3.8, 4) is 17.2 Å². The van der Waals surface area contributed by atoms with Crippen LogP contribution < -0.4 is 29.3 Å². The van der Waals surface area contributed by atoms with Gasteiger partial charge < -0.3 is 39.5 Å². The molecule has 5 aromatic carbocycles. The van der Waals surface area contributed by atoms with E-state index in [1.165, 1.54) is 7.11 Å². The van der Waals surface area contributed by atoms with Crippen LogP contribution in [0.25, 0.3) is 0 Å². The molecule has 0 fully saturated rings. The van der Waals surface area contributed by atoms with Crippen molar-refractivity contribution in [3.05, 3.63) is 141 Å². The topological polar surface area (TPSA) is 138 Å². The number of carbonyl (C=O) groups is 3. The van der Waals surface area contributed by atoms with Crippen molar-refractivity contribution >= 4 is 34.8 Å². The van der Waals surface area contributed by atoms with Crippen LogP contribution in [0, 0.1) is 6.92 Å². The summed E-state index contributed by atoms with van der Waals surface area (Å²) in [4.78, 5) is 44.4. The third-order valence-electron chi connectivity index (χ3n) is 12.3. The van der Waals surface area contributed by atoms with Crippen LogP contribution in [0.3, 0.4) is 0 Å². The summed E-state index contributed by atoms with van der Waals surface area (Å²) in [7, 11) is 1.53. The highest BCUT2D eigenvalue weighted by Gasteiger charge is 2.43. The average Bonchev–Trinajstić information content (AvgIpc) is 3.79. The maximum Gasteiger partial charge on any atom is 0.259 e. The molecule has 0 bridgehead atoms. The fourth-order valence-corrected chi connectivity index (χ4v) is 9.33. The van der Waals surface area contributed by atoms with Gasteiger partial charge >= 0.3 is 0 Å². The second kappa shape index (κ2) is 16.1. The molecule has 2 unspecified atom stereocenters. The largest absolute Gasteiger partial charge is 0.493 e. The van der Waals surface area contributed by atoms with E-state index < -0.39 is 12.2 Å². The molecule has 0 aliphatic carbocycles. The number of hydrogen-bond acceptors (Lipinski definition) is 8. The molecule has 11 nitrogen and oxygen atoms in total. The Morgan fingerprint density at radius 3 is 1.78 bits per heavy atom. The number of nitrogens with one attached hydrogen (secondary N) is 1. The van der Waals surface area contributed by atoms with Gasteiger partial charge in [-0.1, -0.05) is 49.7 Å². The molecule has 0 aromatic heterocycles. The van der Waals surface area contributed by atoms with Crippen molar-refractivity contribution in [1.82, 2.24) is 0 Å². The summed E-state index contributed by atoms with van der Waals surface area (Å²) in [5.74, 6) is 1.02. The first-order valence-corrected chi connectivity index (χ1v) is 20.8. The lowest BCUT2D eigenvalue weighted by atomic mass is 9.96. The Balaban J connectivity index is 0.964. The molecular weight excluding hydrogens is 759 g/mol. The smallest absolute Gasteiger partial charge is 0.259 e. The van der Waals surface area contributed by atoms with E-state index in [0.29, 0.717) is 65.3 Å². The Kier molecular flexibility index (Phi) is 10.6. The van der Waals surface area contributed by atoms with Crippen LogP contribution in [0.5, 0.6) is 17.2 Å². The average molecular weight is 808 g/mol. The van der Waals surface area contributed by atoms with Gasteiger partial charge in [0.25, 0.3) is 11.8 Å². The van der Waals surface area contributed by atoms with E-state index in [1.807, 2.05) is 92.7 Å². The molecule has 4 atom stereocenters. The summed E-state index contributed by atoms with van der Waals surface area (Å²) in [6.45, 7) is 4.22. The van der Waals surface area contributed by atoms with Crippen LogP contribution in [0.2, 0.25) is 0 Å². The molecule has 4 aliphatic heterocycles. The first-order valence-electron chi connectivity index (χ1n) is 20.8. The van der Waals surface area contributed by atoms with Crippen LogP contribution in [-0.2, 0) is 43.7 Å². The SMILES string of the molecule is CCCCC(=O)Nc1cc(COc2cc3c(cc2C)C(=O)N2c4ccccc4C[C@H]2C(O)C3)cc(COc2cc3c(cc2OC)C(=O)N2c4ccccc4C[C@H]2C(O)C3)c1. The highest BCUT2D eigenvalue weighted by Crippen LogP contribution is 2.42. The molecule has 0 saturated heterocycles. The summed E-state index contributed by atoms with van der Waals surface area (Å²) in [5.41, 5.74) is 9.15. The summed E-state index contributed by atoms with van der Waals surface area (Å²) >= 11 is 0. The molecule has 9 rings (SSSR count). The lowest BCUT2D eigenvalue weighted by Crippen LogP contribution is -2.43. The number of rotatable bonds is 11. The van der Waals surface area contributed by atoms with Crippen molar-refractivity contribution in [3.63, 3.8) is 0 Å². The van der Waals surface area contributed by atoms with Crippen LogP contribution in [-0.4, -0.2) is 59.3 Å². The molecule has 0 radical (unpaired) electrons. The van der Waals surface area contributed by atoms with E-state index in [4.69, 9.17) is 14.2 Å². The maximum atomic E-state index is 14.0. The highest BCUT2D eigenvalue weighted by molar-refractivity contribution is 6.10. The van der Waals surface area contributed by atoms with Crippen molar-refractivity contribution in [2.45, 2.75) is 96.3 Å². The molecule has 3 amide bonds. The zero-order valence-corrected chi connectivity index (χ0v) is 34.1. The van der Waals surface area contributed by atoms with Gasteiger partial charge in [-0.25, -0.2) is 0 Å². The number of amides is 3. The number of methoxy groups -OCH3 is 1. The van der Waals surface area contributed by atoms with E-state index in [2.05, 4.69) is 5.32 Å². The van der Waals surface area contributed by atoms with E-state index in [-0.39, 0.29) is 49.4 Å². The molecule has 3 N–H and O–H groups in total. The van der Waals surface area contributed by atoms with Gasteiger partial charge in [0.2, 0.25) is 5.91 Å². The van der Waals surface area contributed by atoms with Gasteiger partial charge in [0.05, 0.1) is 31.4 Å². The second-order valence-corrected chi connectivity index (χ2v) is 16.4. The number of carbonyl (C=O) groups excluding carboxylic acids is 3. The third-order valence-corrected chi connectivity index (χ3v) is 12.3. The number of nitrogens with zero attached hydrogens (tertiary/aromatic N) is 2. The molecular formula is C49H49N3O8. The van der Waals surface area contributed by atoms with Gasteiger partial charge in [-0.05, 0) is 120 Å². The van der Waals surface area contributed by atoms with E-state index in [9.17, 15) is 24.6 Å². The molecule has 0 saturated carbocycles. The number of aliphatic hydroxyl groups excluding tert-OH is 2. The normalized spacial score (nSPS) is 19.9. The van der Waals surface area contributed by atoms with Gasteiger partial charge in [-0.3, -0.25) is 14.4 Å². The lowest BCUT2D eigenvalue weighted by Gasteiger charge is -2.26. The lowest BCUT2D eigenvalue weighted by molar-refractivity contribution is -0.116. The second-order valence-electron chi connectivity index (χ2n) is 16.4. The predicted molar refractivity (Wildman–Crippen MR) is 228 cm³/mol. The molecule has 5 aromatic rings. The Morgan fingerprint density at radius 2 is 1.22 bits per heavy atom. The summed E-state index contributed by atoms with van der Waals surface area (Å²) < 4.78 is 18.6. The quantitative estimate of drug-likeness (QED) is 0.127. The number of para-hydroxylation sites is 2.